The summed E-state index contributed by atoms with van der Waals surface area (Å²) in [5, 5.41) is 1.79. The molecule has 32 heavy (non-hydrogen) atoms. The number of carbonyl (C=O) groups is 1. The third-order valence-electron chi connectivity index (χ3n) is 4.66. The summed E-state index contributed by atoms with van der Waals surface area (Å²) in [5.41, 5.74) is 1.08. The molecule has 1 amide bonds. The summed E-state index contributed by atoms with van der Waals surface area (Å²) in [4.78, 5) is 14.9. The van der Waals surface area contributed by atoms with Gasteiger partial charge in [0.2, 0.25) is 0 Å². The van der Waals surface area contributed by atoms with Crippen LogP contribution in [0.5, 0.6) is 5.75 Å². The zero-order valence-electron chi connectivity index (χ0n) is 17.2. The SMILES string of the molecule is CCN(C(=O)c1ccccc1Cl)C(OCCOc1ccc(Cl)cc1)c1ccc(Cl)c(Cl)c1. The molecule has 0 aromatic heterocycles. The van der Waals surface area contributed by atoms with Crippen LogP contribution in [0.2, 0.25) is 20.1 Å². The number of rotatable bonds is 9. The van der Waals surface area contributed by atoms with Crippen molar-refractivity contribution < 1.29 is 14.3 Å². The largest absolute Gasteiger partial charge is 0.491 e. The van der Waals surface area contributed by atoms with Crippen LogP contribution in [-0.2, 0) is 4.74 Å². The quantitative estimate of drug-likeness (QED) is 0.219. The van der Waals surface area contributed by atoms with E-state index in [1.54, 1.807) is 71.6 Å². The van der Waals surface area contributed by atoms with Gasteiger partial charge in [0.1, 0.15) is 12.4 Å². The Balaban J connectivity index is 1.80. The van der Waals surface area contributed by atoms with Crippen molar-refractivity contribution in [1.29, 1.82) is 0 Å². The molecule has 0 aliphatic rings. The Bertz CT molecular complexity index is 1060. The van der Waals surface area contributed by atoms with E-state index in [0.29, 0.717) is 43.5 Å². The Kier molecular flexibility index (Phi) is 9.09. The Morgan fingerprint density at radius 1 is 0.875 bits per heavy atom. The molecule has 4 nitrogen and oxygen atoms in total. The van der Waals surface area contributed by atoms with Crippen LogP contribution in [0.25, 0.3) is 0 Å². The van der Waals surface area contributed by atoms with Crippen molar-refractivity contribution in [2.45, 2.75) is 13.2 Å². The lowest BCUT2D eigenvalue weighted by Gasteiger charge is -2.31. The summed E-state index contributed by atoms with van der Waals surface area (Å²) < 4.78 is 11.8. The first-order valence-electron chi connectivity index (χ1n) is 9.91. The Morgan fingerprint density at radius 2 is 1.59 bits per heavy atom. The minimum atomic E-state index is -0.715. The standard InChI is InChI=1S/C24H21Cl4NO3/c1-2-29(23(30)19-5-3-4-6-20(19)26)24(16-7-12-21(27)22(28)15-16)32-14-13-31-18-10-8-17(25)9-11-18/h3-12,15,24H,2,13-14H2,1H3. The predicted molar refractivity (Wildman–Crippen MR) is 130 cm³/mol. The summed E-state index contributed by atoms with van der Waals surface area (Å²) in [6.45, 7) is 2.75. The molecule has 0 bridgehead atoms. The molecule has 3 rings (SSSR count). The number of nitrogens with zero attached hydrogens (tertiary/aromatic N) is 1. The van der Waals surface area contributed by atoms with E-state index in [9.17, 15) is 4.79 Å². The van der Waals surface area contributed by atoms with E-state index in [4.69, 9.17) is 55.9 Å². The summed E-state index contributed by atoms with van der Waals surface area (Å²) >= 11 is 24.5. The van der Waals surface area contributed by atoms with Crippen LogP contribution < -0.4 is 4.74 Å². The minimum absolute atomic E-state index is 0.222. The summed E-state index contributed by atoms with van der Waals surface area (Å²) in [6.07, 6.45) is -0.715. The zero-order chi connectivity index (χ0) is 23.1. The maximum atomic E-state index is 13.3. The molecule has 1 unspecified atom stereocenters. The van der Waals surface area contributed by atoms with Gasteiger partial charge in [0.15, 0.2) is 6.23 Å². The molecule has 0 saturated carbocycles. The second-order valence-electron chi connectivity index (χ2n) is 6.77. The molecular formula is C24H21Cl4NO3. The van der Waals surface area contributed by atoms with Gasteiger partial charge >= 0.3 is 0 Å². The highest BCUT2D eigenvalue weighted by molar-refractivity contribution is 6.42. The van der Waals surface area contributed by atoms with Crippen LogP contribution in [0.3, 0.4) is 0 Å². The average molecular weight is 513 g/mol. The monoisotopic (exact) mass is 511 g/mol. The van der Waals surface area contributed by atoms with Gasteiger partial charge in [0.25, 0.3) is 5.91 Å². The smallest absolute Gasteiger partial charge is 0.257 e. The van der Waals surface area contributed by atoms with Gasteiger partial charge in [0.05, 0.1) is 27.2 Å². The van der Waals surface area contributed by atoms with Crippen LogP contribution in [-0.4, -0.2) is 30.6 Å². The molecule has 0 heterocycles. The lowest BCUT2D eigenvalue weighted by Crippen LogP contribution is -2.37. The minimum Gasteiger partial charge on any atom is -0.491 e. The normalized spacial score (nSPS) is 11.8. The second kappa shape index (κ2) is 11.8. The van der Waals surface area contributed by atoms with E-state index in [2.05, 4.69) is 0 Å². The molecule has 0 radical (unpaired) electrons. The summed E-state index contributed by atoms with van der Waals surface area (Å²) in [6, 6.07) is 19.1. The number of ether oxygens (including phenoxy) is 2. The highest BCUT2D eigenvalue weighted by atomic mass is 35.5. The van der Waals surface area contributed by atoms with Gasteiger partial charge in [-0.05, 0) is 55.5 Å². The van der Waals surface area contributed by atoms with Crippen molar-refractivity contribution in [2.24, 2.45) is 0 Å². The van der Waals surface area contributed by atoms with Crippen molar-refractivity contribution >= 4 is 52.3 Å². The first kappa shape index (κ1) is 24.7. The molecule has 0 fully saturated rings. The number of carbonyl (C=O) groups excluding carboxylic acids is 1. The third-order valence-corrected chi connectivity index (χ3v) is 5.98. The van der Waals surface area contributed by atoms with E-state index >= 15 is 0 Å². The number of benzene rings is 3. The Morgan fingerprint density at radius 3 is 2.25 bits per heavy atom. The Hall–Kier alpha value is -1.95. The third kappa shape index (κ3) is 6.31. The van der Waals surface area contributed by atoms with Crippen LogP contribution in [0.4, 0.5) is 0 Å². The highest BCUT2D eigenvalue weighted by Gasteiger charge is 2.27. The Labute approximate surface area is 207 Å². The van der Waals surface area contributed by atoms with Crippen molar-refractivity contribution in [3.05, 3.63) is 97.9 Å². The molecule has 0 aliphatic heterocycles. The van der Waals surface area contributed by atoms with E-state index < -0.39 is 6.23 Å². The average Bonchev–Trinajstić information content (AvgIpc) is 2.79. The van der Waals surface area contributed by atoms with Crippen LogP contribution in [0.1, 0.15) is 29.1 Å². The highest BCUT2D eigenvalue weighted by Crippen LogP contribution is 2.31. The molecule has 8 heteroatoms. The van der Waals surface area contributed by atoms with Gasteiger partial charge < -0.3 is 14.4 Å². The first-order valence-corrected chi connectivity index (χ1v) is 11.4. The van der Waals surface area contributed by atoms with Gasteiger partial charge in [-0.3, -0.25) is 4.79 Å². The van der Waals surface area contributed by atoms with Crippen molar-refractivity contribution in [1.82, 2.24) is 4.90 Å². The molecular weight excluding hydrogens is 492 g/mol. The molecule has 0 spiro atoms. The molecule has 168 valence electrons. The van der Waals surface area contributed by atoms with Gasteiger partial charge in [-0.1, -0.05) is 64.6 Å². The fourth-order valence-corrected chi connectivity index (χ4v) is 3.74. The van der Waals surface area contributed by atoms with Crippen LogP contribution >= 0.6 is 46.4 Å². The predicted octanol–water partition coefficient (Wildman–Crippen LogP) is 7.56. The number of hydrogen-bond acceptors (Lipinski definition) is 3. The zero-order valence-corrected chi connectivity index (χ0v) is 20.3. The van der Waals surface area contributed by atoms with E-state index in [0.717, 1.165) is 0 Å². The fourth-order valence-electron chi connectivity index (χ4n) is 3.09. The van der Waals surface area contributed by atoms with E-state index in [1.165, 1.54) is 0 Å². The van der Waals surface area contributed by atoms with E-state index in [1.807, 2.05) is 6.92 Å². The van der Waals surface area contributed by atoms with Crippen LogP contribution in [0, 0.1) is 0 Å². The molecule has 3 aromatic rings. The van der Waals surface area contributed by atoms with Gasteiger partial charge in [-0.25, -0.2) is 0 Å². The lowest BCUT2D eigenvalue weighted by atomic mass is 10.1. The first-order chi connectivity index (χ1) is 15.4. The van der Waals surface area contributed by atoms with Crippen molar-refractivity contribution in [3.8, 4) is 5.75 Å². The molecule has 1 atom stereocenters. The van der Waals surface area contributed by atoms with Crippen LogP contribution in [0.15, 0.2) is 66.7 Å². The summed E-state index contributed by atoms with van der Waals surface area (Å²) in [7, 11) is 0. The number of halogens is 4. The molecule has 3 aromatic carbocycles. The van der Waals surface area contributed by atoms with Gasteiger partial charge in [0, 0.05) is 17.1 Å². The van der Waals surface area contributed by atoms with Crippen molar-refractivity contribution in [2.75, 3.05) is 19.8 Å². The summed E-state index contributed by atoms with van der Waals surface area (Å²) in [5.74, 6) is 0.413. The second-order valence-corrected chi connectivity index (χ2v) is 8.43. The fraction of sp³-hybridized carbons (Fsp3) is 0.208. The van der Waals surface area contributed by atoms with Gasteiger partial charge in [-0.15, -0.1) is 0 Å². The lowest BCUT2D eigenvalue weighted by molar-refractivity contribution is -0.0541. The van der Waals surface area contributed by atoms with E-state index in [-0.39, 0.29) is 19.1 Å². The van der Waals surface area contributed by atoms with Gasteiger partial charge in [-0.2, -0.15) is 0 Å². The van der Waals surface area contributed by atoms with Crippen molar-refractivity contribution in [3.63, 3.8) is 0 Å². The topological polar surface area (TPSA) is 38.8 Å². The maximum absolute atomic E-state index is 13.3. The molecule has 0 saturated heterocycles. The number of hydrogen-bond donors (Lipinski definition) is 0. The molecule has 0 aliphatic carbocycles. The number of amides is 1. The maximum Gasteiger partial charge on any atom is 0.257 e. The molecule has 0 N–H and O–H groups in total.